The van der Waals surface area contributed by atoms with Crippen LogP contribution in [0.25, 0.3) is 0 Å². The molecule has 18 heavy (non-hydrogen) atoms. The van der Waals surface area contributed by atoms with Gasteiger partial charge in [0.1, 0.15) is 5.75 Å². The molecule has 0 aliphatic heterocycles. The van der Waals surface area contributed by atoms with Gasteiger partial charge in [-0.1, -0.05) is 37.3 Å². The first-order valence-corrected chi connectivity index (χ1v) is 6.06. The standard InChI is InChI=1S/C15H17NO2/c1-3-13-14(18-2)9-10-16(15(13)17)11-12-7-5-4-6-8-12/h4-10H,3,11H2,1-2H3. The number of aromatic nitrogens is 1. The van der Waals surface area contributed by atoms with Gasteiger partial charge in [-0.25, -0.2) is 0 Å². The number of hydrogen-bond donors (Lipinski definition) is 0. The Labute approximate surface area is 107 Å². The molecule has 0 radical (unpaired) electrons. The van der Waals surface area contributed by atoms with Crippen molar-refractivity contribution in [3.63, 3.8) is 0 Å². The molecule has 0 aliphatic rings. The number of nitrogens with zero attached hydrogens (tertiary/aromatic N) is 1. The Morgan fingerprint density at radius 2 is 1.89 bits per heavy atom. The molecule has 0 N–H and O–H groups in total. The molecule has 0 bridgehead atoms. The van der Waals surface area contributed by atoms with Crippen molar-refractivity contribution in [2.45, 2.75) is 19.9 Å². The number of hydrogen-bond acceptors (Lipinski definition) is 2. The molecule has 0 saturated heterocycles. The fourth-order valence-electron chi connectivity index (χ4n) is 2.03. The zero-order chi connectivity index (χ0) is 13.0. The highest BCUT2D eigenvalue weighted by Crippen LogP contribution is 2.14. The van der Waals surface area contributed by atoms with Crippen LogP contribution in [0.4, 0.5) is 0 Å². The van der Waals surface area contributed by atoms with Gasteiger partial charge in [-0.2, -0.15) is 0 Å². The molecule has 0 saturated carbocycles. The van der Waals surface area contributed by atoms with Gasteiger partial charge in [-0.15, -0.1) is 0 Å². The van der Waals surface area contributed by atoms with E-state index in [2.05, 4.69) is 0 Å². The second kappa shape index (κ2) is 5.54. The number of ether oxygens (including phenoxy) is 1. The summed E-state index contributed by atoms with van der Waals surface area (Å²) in [6.45, 7) is 2.56. The predicted molar refractivity (Wildman–Crippen MR) is 72.2 cm³/mol. The van der Waals surface area contributed by atoms with Crippen LogP contribution < -0.4 is 10.3 Å². The summed E-state index contributed by atoms with van der Waals surface area (Å²) >= 11 is 0. The van der Waals surface area contributed by atoms with Crippen LogP contribution in [0.1, 0.15) is 18.1 Å². The molecule has 3 heteroatoms. The molecule has 2 aromatic rings. The lowest BCUT2D eigenvalue weighted by molar-refractivity contribution is 0.407. The Morgan fingerprint density at radius 3 is 2.50 bits per heavy atom. The van der Waals surface area contributed by atoms with Gasteiger partial charge in [-0.3, -0.25) is 4.79 Å². The van der Waals surface area contributed by atoms with Crippen molar-refractivity contribution in [1.82, 2.24) is 4.57 Å². The first-order valence-electron chi connectivity index (χ1n) is 6.06. The fraction of sp³-hybridized carbons (Fsp3) is 0.267. The van der Waals surface area contributed by atoms with E-state index in [1.165, 1.54) is 0 Å². The molecule has 0 amide bonds. The van der Waals surface area contributed by atoms with E-state index < -0.39 is 0 Å². The quantitative estimate of drug-likeness (QED) is 0.826. The molecule has 0 aliphatic carbocycles. The largest absolute Gasteiger partial charge is 0.496 e. The molecule has 1 aromatic heterocycles. The van der Waals surface area contributed by atoms with Crippen LogP contribution in [0.3, 0.4) is 0 Å². The number of pyridine rings is 1. The lowest BCUT2D eigenvalue weighted by Gasteiger charge is -2.11. The van der Waals surface area contributed by atoms with Gasteiger partial charge >= 0.3 is 0 Å². The Morgan fingerprint density at radius 1 is 1.17 bits per heavy atom. The molecule has 1 heterocycles. The van der Waals surface area contributed by atoms with Crippen LogP contribution in [0.2, 0.25) is 0 Å². The van der Waals surface area contributed by atoms with Crippen molar-refractivity contribution in [2.24, 2.45) is 0 Å². The molecule has 0 fully saturated rings. The molecule has 0 atom stereocenters. The van der Waals surface area contributed by atoms with E-state index in [-0.39, 0.29) is 5.56 Å². The Kier molecular flexibility index (Phi) is 3.82. The van der Waals surface area contributed by atoms with Crippen molar-refractivity contribution in [3.05, 3.63) is 64.1 Å². The summed E-state index contributed by atoms with van der Waals surface area (Å²) in [6.07, 6.45) is 2.46. The molecule has 0 unspecified atom stereocenters. The normalized spacial score (nSPS) is 10.3. The van der Waals surface area contributed by atoms with Gasteiger partial charge in [0.2, 0.25) is 0 Å². The number of benzene rings is 1. The van der Waals surface area contributed by atoms with Gasteiger partial charge in [0.05, 0.1) is 19.2 Å². The SMILES string of the molecule is CCc1c(OC)ccn(Cc2ccccc2)c1=O. The smallest absolute Gasteiger partial charge is 0.257 e. The van der Waals surface area contributed by atoms with E-state index in [0.29, 0.717) is 18.7 Å². The number of rotatable bonds is 4. The maximum atomic E-state index is 12.3. The maximum Gasteiger partial charge on any atom is 0.257 e. The van der Waals surface area contributed by atoms with Crippen LogP contribution in [0, 0.1) is 0 Å². The highest BCUT2D eigenvalue weighted by Gasteiger charge is 2.08. The Balaban J connectivity index is 2.38. The summed E-state index contributed by atoms with van der Waals surface area (Å²) in [5.74, 6) is 0.673. The summed E-state index contributed by atoms with van der Waals surface area (Å²) in [7, 11) is 1.59. The van der Waals surface area contributed by atoms with Crippen LogP contribution in [-0.4, -0.2) is 11.7 Å². The van der Waals surface area contributed by atoms with Gasteiger partial charge in [-0.05, 0) is 18.1 Å². The van der Waals surface area contributed by atoms with Crippen LogP contribution in [-0.2, 0) is 13.0 Å². The molecular weight excluding hydrogens is 226 g/mol. The predicted octanol–water partition coefficient (Wildman–Crippen LogP) is 2.47. The summed E-state index contributed by atoms with van der Waals surface area (Å²) in [5.41, 5.74) is 1.88. The van der Waals surface area contributed by atoms with Crippen molar-refractivity contribution in [3.8, 4) is 5.75 Å². The average Bonchev–Trinajstić information content (AvgIpc) is 2.42. The van der Waals surface area contributed by atoms with E-state index in [4.69, 9.17) is 4.74 Å². The molecule has 2 rings (SSSR count). The maximum absolute atomic E-state index is 12.3. The van der Waals surface area contributed by atoms with Crippen molar-refractivity contribution in [2.75, 3.05) is 7.11 Å². The zero-order valence-electron chi connectivity index (χ0n) is 10.7. The second-order valence-corrected chi connectivity index (χ2v) is 4.13. The number of methoxy groups -OCH3 is 1. The highest BCUT2D eigenvalue weighted by molar-refractivity contribution is 5.31. The third-order valence-corrected chi connectivity index (χ3v) is 2.99. The summed E-state index contributed by atoms with van der Waals surface area (Å²) in [5, 5.41) is 0. The van der Waals surface area contributed by atoms with Crippen LogP contribution >= 0.6 is 0 Å². The first-order chi connectivity index (χ1) is 8.76. The van der Waals surface area contributed by atoms with Crippen molar-refractivity contribution in [1.29, 1.82) is 0 Å². The van der Waals surface area contributed by atoms with Gasteiger partial charge in [0.25, 0.3) is 5.56 Å². The summed E-state index contributed by atoms with van der Waals surface area (Å²) in [4.78, 5) is 12.3. The van der Waals surface area contributed by atoms with E-state index in [9.17, 15) is 4.79 Å². The summed E-state index contributed by atoms with van der Waals surface area (Å²) in [6, 6.07) is 11.8. The minimum atomic E-state index is 0.0284. The molecule has 1 aromatic carbocycles. The first kappa shape index (κ1) is 12.4. The fourth-order valence-corrected chi connectivity index (χ4v) is 2.03. The van der Waals surface area contributed by atoms with Crippen LogP contribution in [0.5, 0.6) is 5.75 Å². The van der Waals surface area contributed by atoms with Gasteiger partial charge < -0.3 is 9.30 Å². The third kappa shape index (κ3) is 2.45. The Bertz CT molecular complexity index is 573. The zero-order valence-corrected chi connectivity index (χ0v) is 10.7. The lowest BCUT2D eigenvalue weighted by atomic mass is 10.2. The minimum absolute atomic E-state index is 0.0284. The van der Waals surface area contributed by atoms with Crippen molar-refractivity contribution < 1.29 is 4.74 Å². The topological polar surface area (TPSA) is 31.2 Å². The average molecular weight is 243 g/mol. The van der Waals surface area contributed by atoms with E-state index in [1.807, 2.05) is 43.3 Å². The Hall–Kier alpha value is -2.03. The molecular formula is C15H17NO2. The van der Waals surface area contributed by atoms with E-state index >= 15 is 0 Å². The van der Waals surface area contributed by atoms with E-state index in [1.54, 1.807) is 17.9 Å². The van der Waals surface area contributed by atoms with Crippen molar-refractivity contribution >= 4 is 0 Å². The minimum Gasteiger partial charge on any atom is -0.496 e. The van der Waals surface area contributed by atoms with E-state index in [0.717, 1.165) is 11.1 Å². The monoisotopic (exact) mass is 243 g/mol. The highest BCUT2D eigenvalue weighted by atomic mass is 16.5. The third-order valence-electron chi connectivity index (χ3n) is 2.99. The van der Waals surface area contributed by atoms with Gasteiger partial charge in [0.15, 0.2) is 0 Å². The van der Waals surface area contributed by atoms with Gasteiger partial charge in [0, 0.05) is 6.20 Å². The lowest BCUT2D eigenvalue weighted by Crippen LogP contribution is -2.24. The molecule has 94 valence electrons. The summed E-state index contributed by atoms with van der Waals surface area (Å²) < 4.78 is 6.93. The molecule has 0 spiro atoms. The second-order valence-electron chi connectivity index (χ2n) is 4.13. The molecule has 3 nitrogen and oxygen atoms in total. The van der Waals surface area contributed by atoms with Crippen LogP contribution in [0.15, 0.2) is 47.4 Å².